The van der Waals surface area contributed by atoms with Gasteiger partial charge in [-0.3, -0.25) is 0 Å². The van der Waals surface area contributed by atoms with Crippen LogP contribution in [0.4, 0.5) is 0 Å². The lowest BCUT2D eigenvalue weighted by Gasteiger charge is -2.18. The Labute approximate surface area is 86.3 Å². The topological polar surface area (TPSA) is 43.8 Å². The molecule has 0 amide bonds. The molecule has 0 aliphatic carbocycles. The molecule has 14 heavy (non-hydrogen) atoms. The van der Waals surface area contributed by atoms with Crippen LogP contribution in [0.15, 0.2) is 12.5 Å². The molecule has 1 unspecified atom stereocenters. The highest BCUT2D eigenvalue weighted by Gasteiger charge is 2.14. The average Bonchev–Trinajstić information content (AvgIpc) is 2.49. The van der Waals surface area contributed by atoms with Crippen LogP contribution in [-0.2, 0) is 0 Å². The molecule has 0 aliphatic heterocycles. The van der Waals surface area contributed by atoms with Crippen molar-refractivity contribution in [3.8, 4) is 0 Å². The Morgan fingerprint density at radius 3 is 2.50 bits per heavy atom. The molecule has 0 fully saturated rings. The number of imidazole rings is 1. The van der Waals surface area contributed by atoms with Gasteiger partial charge >= 0.3 is 0 Å². The van der Waals surface area contributed by atoms with Gasteiger partial charge in [0.2, 0.25) is 0 Å². The highest BCUT2D eigenvalue weighted by atomic mass is 15.1. The van der Waals surface area contributed by atoms with E-state index >= 15 is 0 Å². The Morgan fingerprint density at radius 2 is 2.00 bits per heavy atom. The number of hydrogen-bond acceptors (Lipinski definition) is 2. The maximum Gasteiger partial charge on any atom is 0.0951 e. The fraction of sp³-hybridized carbons (Fsp3) is 0.727. The van der Waals surface area contributed by atoms with Crippen molar-refractivity contribution in [2.45, 2.75) is 46.2 Å². The summed E-state index contributed by atoms with van der Waals surface area (Å²) < 4.78 is 2.15. The summed E-state index contributed by atoms with van der Waals surface area (Å²) in [5.74, 6) is 0.625. The molecule has 3 nitrogen and oxygen atoms in total. The van der Waals surface area contributed by atoms with Gasteiger partial charge in [-0.05, 0) is 26.2 Å². The van der Waals surface area contributed by atoms with Crippen LogP contribution in [0.25, 0.3) is 0 Å². The number of rotatable bonds is 4. The molecule has 0 saturated heterocycles. The zero-order chi connectivity index (χ0) is 10.7. The van der Waals surface area contributed by atoms with Crippen molar-refractivity contribution in [2.24, 2.45) is 11.7 Å². The molecule has 1 aromatic rings. The SMILES string of the molecule is CC(C)CC(N)c1cncn1C(C)C. The van der Waals surface area contributed by atoms with Crippen molar-refractivity contribution >= 4 is 0 Å². The van der Waals surface area contributed by atoms with Gasteiger partial charge in [0.25, 0.3) is 0 Å². The molecule has 2 N–H and O–H groups in total. The molecule has 0 spiro atoms. The summed E-state index contributed by atoms with van der Waals surface area (Å²) >= 11 is 0. The average molecular weight is 195 g/mol. The third-order valence-electron chi connectivity index (χ3n) is 2.36. The second-order valence-electron chi connectivity index (χ2n) is 4.56. The van der Waals surface area contributed by atoms with E-state index in [1.54, 1.807) is 0 Å². The van der Waals surface area contributed by atoms with E-state index in [1.807, 2.05) is 12.5 Å². The maximum absolute atomic E-state index is 6.12. The van der Waals surface area contributed by atoms with Gasteiger partial charge in [-0.25, -0.2) is 4.98 Å². The van der Waals surface area contributed by atoms with Crippen molar-refractivity contribution in [3.05, 3.63) is 18.2 Å². The second kappa shape index (κ2) is 4.60. The van der Waals surface area contributed by atoms with Crippen molar-refractivity contribution < 1.29 is 0 Å². The van der Waals surface area contributed by atoms with Crippen LogP contribution in [0.3, 0.4) is 0 Å². The molecule has 0 bridgehead atoms. The fourth-order valence-electron chi connectivity index (χ4n) is 1.66. The Hall–Kier alpha value is -0.830. The summed E-state index contributed by atoms with van der Waals surface area (Å²) in [5.41, 5.74) is 7.27. The molecule has 0 saturated carbocycles. The van der Waals surface area contributed by atoms with E-state index in [9.17, 15) is 0 Å². The van der Waals surface area contributed by atoms with E-state index in [1.165, 1.54) is 0 Å². The molecule has 1 rings (SSSR count). The van der Waals surface area contributed by atoms with Gasteiger partial charge in [0.15, 0.2) is 0 Å². The molecule has 3 heteroatoms. The van der Waals surface area contributed by atoms with E-state index in [0.29, 0.717) is 12.0 Å². The number of aromatic nitrogens is 2. The lowest BCUT2D eigenvalue weighted by atomic mass is 10.0. The molecule has 1 heterocycles. The Balaban J connectivity index is 2.78. The molecule has 0 aromatic carbocycles. The van der Waals surface area contributed by atoms with Crippen LogP contribution in [0, 0.1) is 5.92 Å². The largest absolute Gasteiger partial charge is 0.331 e. The summed E-state index contributed by atoms with van der Waals surface area (Å²) in [4.78, 5) is 4.15. The minimum atomic E-state index is 0.111. The minimum absolute atomic E-state index is 0.111. The first kappa shape index (κ1) is 11.2. The van der Waals surface area contributed by atoms with Gasteiger partial charge in [-0.15, -0.1) is 0 Å². The van der Waals surface area contributed by atoms with E-state index < -0.39 is 0 Å². The highest BCUT2D eigenvalue weighted by molar-refractivity contribution is 5.05. The Morgan fingerprint density at radius 1 is 1.36 bits per heavy atom. The van der Waals surface area contributed by atoms with E-state index in [-0.39, 0.29) is 6.04 Å². The zero-order valence-electron chi connectivity index (χ0n) is 9.57. The Bertz CT molecular complexity index is 276. The quantitative estimate of drug-likeness (QED) is 0.802. The third kappa shape index (κ3) is 2.58. The lowest BCUT2D eigenvalue weighted by molar-refractivity contribution is 0.468. The van der Waals surface area contributed by atoms with Crippen LogP contribution in [0.5, 0.6) is 0 Å². The van der Waals surface area contributed by atoms with E-state index in [0.717, 1.165) is 12.1 Å². The molecular formula is C11H21N3. The van der Waals surface area contributed by atoms with Gasteiger partial charge in [-0.2, -0.15) is 0 Å². The summed E-state index contributed by atoms with van der Waals surface area (Å²) in [5, 5.41) is 0. The smallest absolute Gasteiger partial charge is 0.0951 e. The zero-order valence-corrected chi connectivity index (χ0v) is 9.57. The predicted molar refractivity (Wildman–Crippen MR) is 59.0 cm³/mol. The van der Waals surface area contributed by atoms with Crippen LogP contribution in [-0.4, -0.2) is 9.55 Å². The summed E-state index contributed by atoms with van der Waals surface area (Å²) in [6.07, 6.45) is 4.76. The van der Waals surface area contributed by atoms with E-state index in [2.05, 4.69) is 37.2 Å². The van der Waals surface area contributed by atoms with Crippen molar-refractivity contribution in [1.29, 1.82) is 0 Å². The number of hydrogen-bond donors (Lipinski definition) is 1. The van der Waals surface area contributed by atoms with Crippen molar-refractivity contribution in [2.75, 3.05) is 0 Å². The molecule has 1 aromatic heterocycles. The summed E-state index contributed by atoms with van der Waals surface area (Å²) in [7, 11) is 0. The molecule has 0 radical (unpaired) electrons. The normalized spacial score (nSPS) is 13.9. The predicted octanol–water partition coefficient (Wildman–Crippen LogP) is 2.51. The second-order valence-corrected chi connectivity index (χ2v) is 4.56. The first-order chi connectivity index (χ1) is 6.52. The summed E-state index contributed by atoms with van der Waals surface area (Å²) in [6.45, 7) is 8.67. The third-order valence-corrected chi connectivity index (χ3v) is 2.36. The number of nitrogens with zero attached hydrogens (tertiary/aromatic N) is 2. The maximum atomic E-state index is 6.12. The lowest BCUT2D eigenvalue weighted by Crippen LogP contribution is -2.18. The van der Waals surface area contributed by atoms with Gasteiger partial charge in [0.05, 0.1) is 12.0 Å². The summed E-state index contributed by atoms with van der Waals surface area (Å²) in [6, 6.07) is 0.547. The van der Waals surface area contributed by atoms with Crippen LogP contribution in [0.2, 0.25) is 0 Å². The van der Waals surface area contributed by atoms with Crippen molar-refractivity contribution in [1.82, 2.24) is 9.55 Å². The van der Waals surface area contributed by atoms with Gasteiger partial charge in [0.1, 0.15) is 0 Å². The standard InChI is InChI=1S/C11H21N3/c1-8(2)5-10(12)11-6-13-7-14(11)9(3)4/h6-10H,5,12H2,1-4H3. The number of nitrogens with two attached hydrogens (primary N) is 1. The Kier molecular flexibility index (Phi) is 3.69. The fourth-order valence-corrected chi connectivity index (χ4v) is 1.66. The monoisotopic (exact) mass is 195 g/mol. The molecule has 0 aliphatic rings. The van der Waals surface area contributed by atoms with Crippen LogP contribution >= 0.6 is 0 Å². The molecule has 80 valence electrons. The first-order valence-electron chi connectivity index (χ1n) is 5.29. The first-order valence-corrected chi connectivity index (χ1v) is 5.29. The molecular weight excluding hydrogens is 174 g/mol. The van der Waals surface area contributed by atoms with Gasteiger partial charge in [-0.1, -0.05) is 13.8 Å². The van der Waals surface area contributed by atoms with Gasteiger partial charge < -0.3 is 10.3 Å². The van der Waals surface area contributed by atoms with Crippen molar-refractivity contribution in [3.63, 3.8) is 0 Å². The van der Waals surface area contributed by atoms with Crippen LogP contribution < -0.4 is 5.73 Å². The highest BCUT2D eigenvalue weighted by Crippen LogP contribution is 2.20. The van der Waals surface area contributed by atoms with Crippen LogP contribution in [0.1, 0.15) is 51.9 Å². The minimum Gasteiger partial charge on any atom is -0.331 e. The van der Waals surface area contributed by atoms with Gasteiger partial charge in [0, 0.05) is 18.3 Å². The van der Waals surface area contributed by atoms with E-state index in [4.69, 9.17) is 5.73 Å². The molecule has 1 atom stereocenters.